The second-order valence-electron chi connectivity index (χ2n) is 7.07. The van der Waals surface area contributed by atoms with E-state index in [2.05, 4.69) is 62.7 Å². The van der Waals surface area contributed by atoms with Crippen molar-refractivity contribution < 1.29 is 0 Å². The van der Waals surface area contributed by atoms with E-state index in [4.69, 9.17) is 0 Å². The summed E-state index contributed by atoms with van der Waals surface area (Å²) in [4.78, 5) is 0. The van der Waals surface area contributed by atoms with E-state index >= 15 is 0 Å². The van der Waals surface area contributed by atoms with Gasteiger partial charge in [0.25, 0.3) is 0 Å². The van der Waals surface area contributed by atoms with E-state index in [-0.39, 0.29) is 0 Å². The SMILES string of the molecule is CCC[B]C(C(C)C(C)(C)C)C(C)(C)C. The molecule has 15 heavy (non-hydrogen) atoms. The Morgan fingerprint density at radius 3 is 1.67 bits per heavy atom. The van der Waals surface area contributed by atoms with Crippen molar-refractivity contribution in [3.63, 3.8) is 0 Å². The minimum atomic E-state index is 0.391. The molecule has 0 fully saturated rings. The van der Waals surface area contributed by atoms with E-state index in [9.17, 15) is 0 Å². The maximum atomic E-state index is 2.55. The molecular formula is C14H30B. The van der Waals surface area contributed by atoms with Crippen molar-refractivity contribution in [2.24, 2.45) is 16.7 Å². The number of rotatable bonds is 4. The second-order valence-corrected chi connectivity index (χ2v) is 7.07. The van der Waals surface area contributed by atoms with Crippen molar-refractivity contribution in [2.75, 3.05) is 0 Å². The molecule has 0 aliphatic rings. The molecule has 89 valence electrons. The van der Waals surface area contributed by atoms with Crippen LogP contribution < -0.4 is 0 Å². The summed E-state index contributed by atoms with van der Waals surface area (Å²) in [5.74, 6) is 1.46. The lowest BCUT2D eigenvalue weighted by Crippen LogP contribution is -2.33. The van der Waals surface area contributed by atoms with Crippen LogP contribution in [0, 0.1) is 16.7 Å². The second kappa shape index (κ2) is 5.41. The molecule has 0 aliphatic carbocycles. The number of hydrogen-bond acceptors (Lipinski definition) is 0. The average molecular weight is 209 g/mol. The molecule has 2 unspecified atom stereocenters. The van der Waals surface area contributed by atoms with E-state index < -0.39 is 0 Å². The van der Waals surface area contributed by atoms with Gasteiger partial charge in [-0.05, 0) is 16.7 Å². The fraction of sp³-hybridized carbons (Fsp3) is 1.00. The van der Waals surface area contributed by atoms with Gasteiger partial charge in [0.05, 0.1) is 0 Å². The molecule has 0 N–H and O–H groups in total. The zero-order valence-electron chi connectivity index (χ0n) is 12.1. The largest absolute Gasteiger partial charge is 0.114 e. The van der Waals surface area contributed by atoms with Crippen molar-refractivity contribution in [1.82, 2.24) is 0 Å². The van der Waals surface area contributed by atoms with E-state index in [1.807, 2.05) is 0 Å². The summed E-state index contributed by atoms with van der Waals surface area (Å²) >= 11 is 0. The molecule has 2 atom stereocenters. The first kappa shape index (κ1) is 15.1. The van der Waals surface area contributed by atoms with Crippen molar-refractivity contribution >= 4 is 7.28 Å². The predicted molar refractivity (Wildman–Crippen MR) is 72.7 cm³/mol. The molecule has 0 aromatic rings. The Bertz CT molecular complexity index is 171. The Morgan fingerprint density at radius 2 is 1.40 bits per heavy atom. The van der Waals surface area contributed by atoms with Crippen molar-refractivity contribution in [3.8, 4) is 0 Å². The monoisotopic (exact) mass is 209 g/mol. The normalized spacial score (nSPS) is 17.3. The van der Waals surface area contributed by atoms with Gasteiger partial charge in [0.1, 0.15) is 7.28 Å². The molecule has 0 nitrogen and oxygen atoms in total. The smallest absolute Gasteiger partial charge is 0.0802 e. The predicted octanol–water partition coefficient (Wildman–Crippen LogP) is 5.04. The fourth-order valence-corrected chi connectivity index (χ4v) is 2.19. The molecule has 0 rings (SSSR count). The maximum absolute atomic E-state index is 2.55. The van der Waals surface area contributed by atoms with Crippen LogP contribution in [0.5, 0.6) is 0 Å². The van der Waals surface area contributed by atoms with E-state index in [1.165, 1.54) is 12.7 Å². The van der Waals surface area contributed by atoms with Crippen LogP contribution in [0.4, 0.5) is 0 Å². The van der Waals surface area contributed by atoms with E-state index in [1.54, 1.807) is 0 Å². The third kappa shape index (κ3) is 5.09. The number of hydrogen-bond donors (Lipinski definition) is 0. The first-order valence-corrected chi connectivity index (χ1v) is 6.44. The molecule has 0 spiro atoms. The molecule has 0 amide bonds. The van der Waals surface area contributed by atoms with Gasteiger partial charge in [-0.25, -0.2) is 0 Å². The van der Waals surface area contributed by atoms with Crippen LogP contribution in [0.25, 0.3) is 0 Å². The Kier molecular flexibility index (Phi) is 5.43. The van der Waals surface area contributed by atoms with Crippen LogP contribution in [0.15, 0.2) is 0 Å². The average Bonchev–Trinajstić information content (AvgIpc) is 2.00. The Labute approximate surface area is 98.5 Å². The van der Waals surface area contributed by atoms with Crippen LogP contribution in [0.2, 0.25) is 12.1 Å². The van der Waals surface area contributed by atoms with Gasteiger partial charge in [-0.3, -0.25) is 0 Å². The minimum Gasteiger partial charge on any atom is -0.0802 e. The minimum absolute atomic E-state index is 0.391. The summed E-state index contributed by atoms with van der Waals surface area (Å²) < 4.78 is 0. The van der Waals surface area contributed by atoms with Gasteiger partial charge < -0.3 is 0 Å². The highest BCUT2D eigenvalue weighted by molar-refractivity contribution is 6.38. The first-order chi connectivity index (χ1) is 6.60. The molecule has 0 heterocycles. The standard InChI is InChI=1S/C14H30B/c1-9-10-15-12(14(6,7)8)11(2)13(3,4)5/h11-12H,9-10H2,1-8H3. The van der Waals surface area contributed by atoms with Gasteiger partial charge in [-0.15, -0.1) is 0 Å². The van der Waals surface area contributed by atoms with Crippen LogP contribution >= 0.6 is 0 Å². The fourth-order valence-electron chi connectivity index (χ4n) is 2.19. The molecule has 1 radical (unpaired) electrons. The molecule has 0 aromatic heterocycles. The van der Waals surface area contributed by atoms with Crippen molar-refractivity contribution in [3.05, 3.63) is 0 Å². The zero-order valence-corrected chi connectivity index (χ0v) is 12.1. The third-order valence-corrected chi connectivity index (χ3v) is 3.61. The Morgan fingerprint density at radius 1 is 0.933 bits per heavy atom. The quantitative estimate of drug-likeness (QED) is 0.569. The molecular weight excluding hydrogens is 179 g/mol. The summed E-state index contributed by atoms with van der Waals surface area (Å²) in [6.07, 6.45) is 2.52. The first-order valence-electron chi connectivity index (χ1n) is 6.44. The van der Waals surface area contributed by atoms with Crippen LogP contribution in [-0.2, 0) is 0 Å². The summed E-state index contributed by atoms with van der Waals surface area (Å²) in [7, 11) is 2.55. The van der Waals surface area contributed by atoms with Gasteiger partial charge in [-0.2, -0.15) is 0 Å². The van der Waals surface area contributed by atoms with Crippen molar-refractivity contribution in [1.29, 1.82) is 0 Å². The Balaban J connectivity index is 4.64. The lowest BCUT2D eigenvalue weighted by Gasteiger charge is -2.42. The van der Waals surface area contributed by atoms with Crippen LogP contribution in [-0.4, -0.2) is 7.28 Å². The zero-order chi connectivity index (χ0) is 12.3. The summed E-state index contributed by atoms with van der Waals surface area (Å²) in [6, 6.07) is 0. The molecule has 0 saturated heterocycles. The van der Waals surface area contributed by atoms with Gasteiger partial charge in [0, 0.05) is 0 Å². The highest BCUT2D eigenvalue weighted by Gasteiger charge is 2.35. The van der Waals surface area contributed by atoms with Crippen LogP contribution in [0.3, 0.4) is 0 Å². The third-order valence-electron chi connectivity index (χ3n) is 3.61. The topological polar surface area (TPSA) is 0 Å². The van der Waals surface area contributed by atoms with E-state index in [0.717, 1.165) is 11.7 Å². The van der Waals surface area contributed by atoms with Gasteiger partial charge in [0.15, 0.2) is 0 Å². The maximum Gasteiger partial charge on any atom is 0.114 e. The lowest BCUT2D eigenvalue weighted by molar-refractivity contribution is 0.181. The molecule has 0 saturated carbocycles. The Hall–Kier alpha value is 0.0649. The molecule has 0 aliphatic heterocycles. The molecule has 0 aromatic carbocycles. The van der Waals surface area contributed by atoms with Crippen LogP contribution in [0.1, 0.15) is 61.8 Å². The summed E-state index contributed by atoms with van der Waals surface area (Å²) in [5.41, 5.74) is 0.796. The van der Waals surface area contributed by atoms with Gasteiger partial charge >= 0.3 is 0 Å². The summed E-state index contributed by atoms with van der Waals surface area (Å²) in [6.45, 7) is 18.8. The van der Waals surface area contributed by atoms with E-state index in [0.29, 0.717) is 10.8 Å². The highest BCUT2D eigenvalue weighted by atomic mass is 14.4. The van der Waals surface area contributed by atoms with Crippen molar-refractivity contribution in [2.45, 2.75) is 73.9 Å². The lowest BCUT2D eigenvalue weighted by atomic mass is 9.46. The molecule has 0 bridgehead atoms. The van der Waals surface area contributed by atoms with Gasteiger partial charge in [-0.1, -0.05) is 73.9 Å². The highest BCUT2D eigenvalue weighted by Crippen LogP contribution is 2.45. The molecule has 1 heteroatoms. The summed E-state index contributed by atoms with van der Waals surface area (Å²) in [5, 5.41) is 0. The van der Waals surface area contributed by atoms with Gasteiger partial charge in [0.2, 0.25) is 0 Å².